The Morgan fingerprint density at radius 1 is 0.917 bits per heavy atom. The highest BCUT2D eigenvalue weighted by molar-refractivity contribution is 5.92. The molecular weight excluding hydrogens is 308 g/mol. The van der Waals surface area contributed by atoms with Gasteiger partial charge >= 0.3 is 0 Å². The normalized spacial score (nSPS) is 8.33. The summed E-state index contributed by atoms with van der Waals surface area (Å²) in [7, 11) is 0. The van der Waals surface area contributed by atoms with Crippen LogP contribution in [0.25, 0.3) is 0 Å². The van der Waals surface area contributed by atoms with Crippen molar-refractivity contribution in [3.8, 4) is 11.5 Å². The lowest BCUT2D eigenvalue weighted by Gasteiger charge is -2.05. The van der Waals surface area contributed by atoms with Crippen LogP contribution >= 0.6 is 0 Å². The first kappa shape index (κ1) is 23.4. The van der Waals surface area contributed by atoms with Gasteiger partial charge in [-0.3, -0.25) is 14.9 Å². The summed E-state index contributed by atoms with van der Waals surface area (Å²) < 4.78 is 5.47. The van der Waals surface area contributed by atoms with Crippen molar-refractivity contribution in [1.82, 2.24) is 0 Å². The first-order valence-electron chi connectivity index (χ1n) is 7.38. The molecule has 2 aromatic carbocycles. The van der Waals surface area contributed by atoms with E-state index in [-0.39, 0.29) is 13.1 Å². The largest absolute Gasteiger partial charge is 0.457 e. The number of carbonyl (C=O) groups is 1. The van der Waals surface area contributed by atoms with E-state index in [0.29, 0.717) is 17.1 Å². The second-order valence-electron chi connectivity index (χ2n) is 3.74. The summed E-state index contributed by atoms with van der Waals surface area (Å²) in [5.41, 5.74) is 5.50. The van der Waals surface area contributed by atoms with Gasteiger partial charge in [0.2, 0.25) is 5.91 Å². The number of amides is 1. The van der Waals surface area contributed by atoms with Crippen LogP contribution in [0.15, 0.2) is 48.5 Å². The zero-order chi connectivity index (χ0) is 17.8. The van der Waals surface area contributed by atoms with Gasteiger partial charge in [-0.15, -0.1) is 0 Å². The van der Waals surface area contributed by atoms with Crippen molar-refractivity contribution < 1.29 is 14.5 Å². The van der Waals surface area contributed by atoms with Gasteiger partial charge in [0.1, 0.15) is 11.5 Å². The number of non-ortho nitro benzene ring substituents is 1. The fourth-order valence-electron chi connectivity index (χ4n) is 1.46. The number of primary amides is 1. The zero-order valence-corrected chi connectivity index (χ0v) is 13.8. The lowest BCUT2D eigenvalue weighted by atomic mass is 10.2. The summed E-state index contributed by atoms with van der Waals surface area (Å²) in [6.45, 7) is 8.00. The molecule has 0 aliphatic heterocycles. The van der Waals surface area contributed by atoms with Gasteiger partial charge in [0.15, 0.2) is 0 Å². The molecule has 0 fully saturated rings. The standard InChI is InChI=1S/C13H10N2O4.2C2H6.CH4/c14-13(16)9-1-5-11(6-2-9)19-12-7-3-10(4-8-12)15(17)18;2*1-2;/h1-8H,(H2,14,16);2*1-2H3;1H4. The van der Waals surface area contributed by atoms with Crippen LogP contribution in [0.1, 0.15) is 45.5 Å². The molecule has 0 aromatic heterocycles. The number of hydrogen-bond acceptors (Lipinski definition) is 4. The van der Waals surface area contributed by atoms with Crippen LogP contribution in [0.4, 0.5) is 5.69 Å². The molecule has 0 aliphatic carbocycles. The van der Waals surface area contributed by atoms with Gasteiger partial charge in [0.05, 0.1) is 4.92 Å². The van der Waals surface area contributed by atoms with E-state index < -0.39 is 10.8 Å². The third-order valence-electron chi connectivity index (χ3n) is 2.42. The SMILES string of the molecule is C.CC.CC.NC(=O)c1ccc(Oc2ccc([N+](=O)[O-])cc2)cc1. The van der Waals surface area contributed by atoms with Crippen molar-refractivity contribution >= 4 is 11.6 Å². The van der Waals surface area contributed by atoms with Crippen molar-refractivity contribution in [3.63, 3.8) is 0 Å². The predicted molar refractivity (Wildman–Crippen MR) is 97.6 cm³/mol. The average molecular weight is 334 g/mol. The number of benzene rings is 2. The number of ether oxygens (including phenoxy) is 1. The van der Waals surface area contributed by atoms with E-state index >= 15 is 0 Å². The Balaban J connectivity index is 0. The van der Waals surface area contributed by atoms with E-state index in [9.17, 15) is 14.9 Å². The molecule has 2 N–H and O–H groups in total. The maximum Gasteiger partial charge on any atom is 0.269 e. The Kier molecular flexibility index (Phi) is 12.3. The van der Waals surface area contributed by atoms with Crippen molar-refractivity contribution in [1.29, 1.82) is 0 Å². The number of nitro groups is 1. The molecule has 0 heterocycles. The molecule has 0 saturated heterocycles. The molecule has 0 saturated carbocycles. The lowest BCUT2D eigenvalue weighted by Crippen LogP contribution is -2.10. The number of carbonyl (C=O) groups excluding carboxylic acids is 1. The van der Waals surface area contributed by atoms with Gasteiger partial charge in [-0.1, -0.05) is 35.1 Å². The van der Waals surface area contributed by atoms with Gasteiger partial charge in [-0.25, -0.2) is 0 Å². The molecule has 2 rings (SSSR count). The average Bonchev–Trinajstić information content (AvgIpc) is 2.59. The highest BCUT2D eigenvalue weighted by atomic mass is 16.6. The van der Waals surface area contributed by atoms with E-state index in [0.717, 1.165) is 0 Å². The molecule has 0 bridgehead atoms. The highest BCUT2D eigenvalue weighted by Gasteiger charge is 2.05. The van der Waals surface area contributed by atoms with E-state index in [1.54, 1.807) is 24.3 Å². The summed E-state index contributed by atoms with van der Waals surface area (Å²) in [5.74, 6) is 0.471. The molecule has 0 atom stereocenters. The Morgan fingerprint density at radius 2 is 1.29 bits per heavy atom. The molecule has 0 aliphatic rings. The van der Waals surface area contributed by atoms with E-state index in [1.165, 1.54) is 24.3 Å². The van der Waals surface area contributed by atoms with Gasteiger partial charge in [0, 0.05) is 17.7 Å². The van der Waals surface area contributed by atoms with Crippen LogP contribution < -0.4 is 10.5 Å². The maximum atomic E-state index is 10.9. The number of nitrogens with zero attached hydrogens (tertiary/aromatic N) is 1. The molecule has 0 unspecified atom stereocenters. The first-order chi connectivity index (χ1) is 11.1. The Hall–Kier alpha value is -2.89. The minimum atomic E-state index is -0.512. The number of rotatable bonds is 4. The number of nitro benzene ring substituents is 1. The maximum absolute atomic E-state index is 10.9. The quantitative estimate of drug-likeness (QED) is 0.616. The van der Waals surface area contributed by atoms with E-state index in [1.807, 2.05) is 27.7 Å². The third-order valence-corrected chi connectivity index (χ3v) is 2.42. The second kappa shape index (κ2) is 12.6. The van der Waals surface area contributed by atoms with Crippen LogP contribution in [0, 0.1) is 10.1 Å². The smallest absolute Gasteiger partial charge is 0.269 e. The zero-order valence-electron chi connectivity index (χ0n) is 13.8. The fourth-order valence-corrected chi connectivity index (χ4v) is 1.46. The Bertz CT molecular complexity index is 552. The van der Waals surface area contributed by atoms with E-state index in [2.05, 4.69) is 0 Å². The predicted octanol–water partition coefficient (Wildman–Crippen LogP) is 5.17. The van der Waals surface area contributed by atoms with Crippen LogP contribution in [-0.2, 0) is 0 Å². The molecule has 6 nitrogen and oxygen atoms in total. The summed E-state index contributed by atoms with van der Waals surface area (Å²) >= 11 is 0. The summed E-state index contributed by atoms with van der Waals surface area (Å²) in [6, 6.07) is 12.0. The van der Waals surface area contributed by atoms with Crippen LogP contribution in [-0.4, -0.2) is 10.8 Å². The molecule has 24 heavy (non-hydrogen) atoms. The number of hydrogen-bond donors (Lipinski definition) is 1. The van der Waals surface area contributed by atoms with Crippen molar-refractivity contribution in [2.75, 3.05) is 0 Å². The highest BCUT2D eigenvalue weighted by Crippen LogP contribution is 2.23. The number of nitrogens with two attached hydrogens (primary N) is 1. The van der Waals surface area contributed by atoms with Gasteiger partial charge < -0.3 is 10.5 Å². The van der Waals surface area contributed by atoms with Crippen molar-refractivity contribution in [3.05, 3.63) is 64.2 Å². The van der Waals surface area contributed by atoms with Crippen molar-refractivity contribution in [2.45, 2.75) is 35.1 Å². The lowest BCUT2D eigenvalue weighted by molar-refractivity contribution is -0.384. The monoisotopic (exact) mass is 334 g/mol. The first-order valence-corrected chi connectivity index (χ1v) is 7.38. The molecular formula is C18H26N2O4. The second-order valence-corrected chi connectivity index (χ2v) is 3.74. The topological polar surface area (TPSA) is 95.5 Å². The van der Waals surface area contributed by atoms with Gasteiger partial charge in [0.25, 0.3) is 5.69 Å². The molecule has 132 valence electrons. The minimum absolute atomic E-state index is 0. The summed E-state index contributed by atoms with van der Waals surface area (Å²) in [4.78, 5) is 20.9. The van der Waals surface area contributed by atoms with Crippen LogP contribution in [0.2, 0.25) is 0 Å². The molecule has 1 amide bonds. The Morgan fingerprint density at radius 3 is 1.62 bits per heavy atom. The molecule has 0 radical (unpaired) electrons. The van der Waals surface area contributed by atoms with Crippen molar-refractivity contribution in [2.24, 2.45) is 5.73 Å². The van der Waals surface area contributed by atoms with E-state index in [4.69, 9.17) is 10.5 Å². The fraction of sp³-hybridized carbons (Fsp3) is 0.278. The van der Waals surface area contributed by atoms with Crippen LogP contribution in [0.5, 0.6) is 11.5 Å². The summed E-state index contributed by atoms with van der Waals surface area (Å²) in [6.07, 6.45) is 0. The minimum Gasteiger partial charge on any atom is -0.457 e. The molecule has 6 heteroatoms. The summed E-state index contributed by atoms with van der Waals surface area (Å²) in [5, 5.41) is 10.5. The van der Waals surface area contributed by atoms with Gasteiger partial charge in [-0.05, 0) is 36.4 Å². The van der Waals surface area contributed by atoms with Crippen LogP contribution in [0.3, 0.4) is 0 Å². The Labute approximate surface area is 143 Å². The third kappa shape index (κ3) is 7.40. The molecule has 0 spiro atoms. The van der Waals surface area contributed by atoms with Gasteiger partial charge in [-0.2, -0.15) is 0 Å². The molecule has 2 aromatic rings.